The molecule has 0 fully saturated rings. The van der Waals surface area contributed by atoms with Gasteiger partial charge < -0.3 is 5.73 Å². The molecular formula is C9H9F2N. The summed E-state index contributed by atoms with van der Waals surface area (Å²) in [5.74, 6) is -0.787. The summed E-state index contributed by atoms with van der Waals surface area (Å²) in [6.07, 6.45) is 2.08. The monoisotopic (exact) mass is 169 g/mol. The highest BCUT2D eigenvalue weighted by atomic mass is 19.1. The molecule has 0 saturated carbocycles. The number of nitrogens with two attached hydrogens (primary N) is 1. The Morgan fingerprint density at radius 3 is 2.58 bits per heavy atom. The van der Waals surface area contributed by atoms with E-state index in [1.54, 1.807) is 0 Å². The Balaban J connectivity index is 2.69. The first kappa shape index (κ1) is 7.53. The standard InChI is InChI=1S/C9H9F2N/c10-7-4-8(12)9(11)6-3-1-2-5(6)7/h4H,1-3,12H2. The van der Waals surface area contributed by atoms with Gasteiger partial charge in [-0.15, -0.1) is 0 Å². The highest BCUT2D eigenvalue weighted by molar-refractivity contribution is 5.49. The van der Waals surface area contributed by atoms with E-state index < -0.39 is 5.82 Å². The largest absolute Gasteiger partial charge is 0.396 e. The lowest BCUT2D eigenvalue weighted by Crippen LogP contribution is -1.99. The second-order valence-electron chi connectivity index (χ2n) is 3.07. The summed E-state index contributed by atoms with van der Waals surface area (Å²) in [5.41, 5.74) is 6.20. The first-order valence-corrected chi connectivity index (χ1v) is 3.95. The summed E-state index contributed by atoms with van der Waals surface area (Å²) in [4.78, 5) is 0. The maximum Gasteiger partial charge on any atom is 0.149 e. The van der Waals surface area contributed by atoms with Gasteiger partial charge in [0.2, 0.25) is 0 Å². The average molecular weight is 169 g/mol. The molecule has 0 amide bonds. The van der Waals surface area contributed by atoms with Gasteiger partial charge in [0.15, 0.2) is 0 Å². The van der Waals surface area contributed by atoms with E-state index in [2.05, 4.69) is 0 Å². The van der Waals surface area contributed by atoms with Crippen LogP contribution in [0.5, 0.6) is 0 Å². The van der Waals surface area contributed by atoms with Crippen molar-refractivity contribution in [3.8, 4) is 0 Å². The average Bonchev–Trinajstić information content (AvgIpc) is 2.48. The zero-order valence-electron chi connectivity index (χ0n) is 6.53. The van der Waals surface area contributed by atoms with Crippen molar-refractivity contribution in [2.75, 3.05) is 5.73 Å². The molecule has 2 rings (SSSR count). The Morgan fingerprint density at radius 2 is 1.83 bits per heavy atom. The van der Waals surface area contributed by atoms with Gasteiger partial charge in [0, 0.05) is 6.07 Å². The van der Waals surface area contributed by atoms with E-state index in [0.29, 0.717) is 24.0 Å². The first-order chi connectivity index (χ1) is 5.70. The van der Waals surface area contributed by atoms with E-state index in [1.165, 1.54) is 0 Å². The van der Waals surface area contributed by atoms with E-state index in [-0.39, 0.29) is 11.5 Å². The van der Waals surface area contributed by atoms with E-state index in [4.69, 9.17) is 5.73 Å². The molecule has 0 unspecified atom stereocenters. The van der Waals surface area contributed by atoms with Crippen molar-refractivity contribution in [2.45, 2.75) is 19.3 Å². The van der Waals surface area contributed by atoms with Crippen LogP contribution in [0.25, 0.3) is 0 Å². The molecule has 0 aliphatic heterocycles. The molecule has 12 heavy (non-hydrogen) atoms. The smallest absolute Gasteiger partial charge is 0.149 e. The minimum absolute atomic E-state index is 0.0758. The van der Waals surface area contributed by atoms with Crippen LogP contribution in [-0.4, -0.2) is 0 Å². The third kappa shape index (κ3) is 0.891. The van der Waals surface area contributed by atoms with Gasteiger partial charge in [-0.3, -0.25) is 0 Å². The molecule has 0 spiro atoms. The van der Waals surface area contributed by atoms with Gasteiger partial charge in [0.1, 0.15) is 11.6 Å². The van der Waals surface area contributed by atoms with Gasteiger partial charge in [-0.25, -0.2) is 8.78 Å². The van der Waals surface area contributed by atoms with Crippen molar-refractivity contribution in [2.24, 2.45) is 0 Å². The molecule has 0 saturated heterocycles. The van der Waals surface area contributed by atoms with Crippen molar-refractivity contribution < 1.29 is 8.78 Å². The Morgan fingerprint density at radius 1 is 1.17 bits per heavy atom. The fourth-order valence-corrected chi connectivity index (χ4v) is 1.71. The predicted octanol–water partition coefficient (Wildman–Crippen LogP) is 2.04. The number of hydrogen-bond donors (Lipinski definition) is 1. The number of rotatable bonds is 0. The molecule has 64 valence electrons. The molecular weight excluding hydrogens is 160 g/mol. The molecule has 1 aliphatic carbocycles. The predicted molar refractivity (Wildman–Crippen MR) is 42.8 cm³/mol. The van der Waals surface area contributed by atoms with Crippen molar-refractivity contribution >= 4 is 5.69 Å². The summed E-state index contributed by atoms with van der Waals surface area (Å²) in [5, 5.41) is 0. The van der Waals surface area contributed by atoms with Crippen LogP contribution < -0.4 is 5.73 Å². The van der Waals surface area contributed by atoms with E-state index >= 15 is 0 Å². The zero-order valence-corrected chi connectivity index (χ0v) is 6.53. The quantitative estimate of drug-likeness (QED) is 0.591. The third-order valence-corrected chi connectivity index (χ3v) is 2.31. The van der Waals surface area contributed by atoms with E-state index in [0.717, 1.165) is 12.5 Å². The fraction of sp³-hybridized carbons (Fsp3) is 0.333. The van der Waals surface area contributed by atoms with Gasteiger partial charge in [0.25, 0.3) is 0 Å². The fourth-order valence-electron chi connectivity index (χ4n) is 1.71. The van der Waals surface area contributed by atoms with Crippen LogP contribution >= 0.6 is 0 Å². The lowest BCUT2D eigenvalue weighted by atomic mass is 10.1. The summed E-state index contributed by atoms with van der Waals surface area (Å²) in [6, 6.07) is 1.07. The van der Waals surface area contributed by atoms with Crippen molar-refractivity contribution in [1.82, 2.24) is 0 Å². The second-order valence-corrected chi connectivity index (χ2v) is 3.07. The lowest BCUT2D eigenvalue weighted by Gasteiger charge is -2.04. The zero-order chi connectivity index (χ0) is 8.72. The third-order valence-electron chi connectivity index (χ3n) is 2.31. The second kappa shape index (κ2) is 2.44. The van der Waals surface area contributed by atoms with Crippen LogP contribution in [0, 0.1) is 11.6 Å². The lowest BCUT2D eigenvalue weighted by molar-refractivity contribution is 0.589. The molecule has 1 aromatic rings. The highest BCUT2D eigenvalue weighted by Crippen LogP contribution is 2.30. The van der Waals surface area contributed by atoms with Gasteiger partial charge in [-0.2, -0.15) is 0 Å². The number of nitrogen functional groups attached to an aromatic ring is 1. The SMILES string of the molecule is Nc1cc(F)c2c(c1F)CCC2. The maximum absolute atomic E-state index is 13.2. The van der Waals surface area contributed by atoms with Gasteiger partial charge in [-0.05, 0) is 30.4 Å². The van der Waals surface area contributed by atoms with Crippen LogP contribution in [0.1, 0.15) is 17.5 Å². The van der Waals surface area contributed by atoms with Crippen LogP contribution in [-0.2, 0) is 12.8 Å². The number of fused-ring (bicyclic) bond motifs is 1. The van der Waals surface area contributed by atoms with Crippen LogP contribution in [0.2, 0.25) is 0 Å². The van der Waals surface area contributed by atoms with Gasteiger partial charge in [0.05, 0.1) is 5.69 Å². The Kier molecular flexibility index (Phi) is 1.53. The number of halogens is 2. The van der Waals surface area contributed by atoms with E-state index in [1.807, 2.05) is 0 Å². The van der Waals surface area contributed by atoms with E-state index in [9.17, 15) is 8.78 Å². The Labute approximate surface area is 69.2 Å². The van der Waals surface area contributed by atoms with Gasteiger partial charge in [-0.1, -0.05) is 0 Å². The molecule has 0 aromatic heterocycles. The molecule has 1 aromatic carbocycles. The van der Waals surface area contributed by atoms with Crippen LogP contribution in [0.15, 0.2) is 6.07 Å². The summed E-state index contributed by atoms with van der Waals surface area (Å²) in [6.45, 7) is 0. The Bertz CT molecular complexity index is 334. The van der Waals surface area contributed by atoms with Crippen molar-refractivity contribution in [3.05, 3.63) is 28.8 Å². The topological polar surface area (TPSA) is 26.0 Å². The molecule has 1 aliphatic rings. The number of anilines is 1. The molecule has 0 radical (unpaired) electrons. The molecule has 2 N–H and O–H groups in total. The number of benzene rings is 1. The van der Waals surface area contributed by atoms with Crippen molar-refractivity contribution in [1.29, 1.82) is 0 Å². The normalized spacial score (nSPS) is 14.8. The molecule has 0 atom stereocenters. The van der Waals surface area contributed by atoms with Crippen LogP contribution in [0.4, 0.5) is 14.5 Å². The minimum atomic E-state index is -0.427. The summed E-state index contributed by atoms with van der Waals surface area (Å²) >= 11 is 0. The van der Waals surface area contributed by atoms with Gasteiger partial charge >= 0.3 is 0 Å². The molecule has 1 nitrogen and oxygen atoms in total. The first-order valence-electron chi connectivity index (χ1n) is 3.95. The maximum atomic E-state index is 13.2. The molecule has 0 heterocycles. The summed E-state index contributed by atoms with van der Waals surface area (Å²) in [7, 11) is 0. The Hall–Kier alpha value is -1.12. The number of hydrogen-bond acceptors (Lipinski definition) is 1. The van der Waals surface area contributed by atoms with Crippen molar-refractivity contribution in [3.63, 3.8) is 0 Å². The van der Waals surface area contributed by atoms with Crippen LogP contribution in [0.3, 0.4) is 0 Å². The molecule has 3 heteroatoms. The highest BCUT2D eigenvalue weighted by Gasteiger charge is 2.20. The minimum Gasteiger partial charge on any atom is -0.396 e. The molecule has 0 bridgehead atoms. The summed E-state index contributed by atoms with van der Waals surface area (Å²) < 4.78 is 26.3.